The number of pyridine rings is 5. The molecule has 33 nitrogen and oxygen atoms in total. The van der Waals surface area contributed by atoms with Gasteiger partial charge in [0.15, 0.2) is 34.8 Å². The molecule has 19 rings (SSSR count). The van der Waals surface area contributed by atoms with Gasteiger partial charge in [-0.2, -0.15) is 0 Å². The van der Waals surface area contributed by atoms with E-state index >= 15 is 8.78 Å². The summed E-state index contributed by atoms with van der Waals surface area (Å²) >= 11 is 0. The number of nitrogens with zero attached hydrogens (tertiary/aromatic N) is 12. The number of nitrogen functional groups attached to an aromatic ring is 1. The fourth-order valence-corrected chi connectivity index (χ4v) is 17.8. The number of aromatic nitrogens is 5. The number of halogens is 7. The Morgan fingerprint density at radius 3 is 1.19 bits per heavy atom. The number of hydrogen-bond donors (Lipinski definition) is 9. The monoisotopic (exact) mass is 1800 g/mol. The first kappa shape index (κ1) is 91.8. The largest absolute Gasteiger partial charge is 0.487 e. The van der Waals surface area contributed by atoms with Crippen LogP contribution in [0.4, 0.5) is 60.5 Å². The number of carboxylic acid groups (broad SMARTS) is 5. The zero-order valence-electron chi connectivity index (χ0n) is 71.2. The molecule has 2 aliphatic carbocycles. The van der Waals surface area contributed by atoms with Gasteiger partial charge in [-0.1, -0.05) is 0 Å². The fourth-order valence-electron chi connectivity index (χ4n) is 17.8. The first-order valence-corrected chi connectivity index (χ1v) is 42.2. The van der Waals surface area contributed by atoms with Gasteiger partial charge in [-0.15, -0.1) is 12.4 Å². The van der Waals surface area contributed by atoms with E-state index in [1.807, 2.05) is 72.9 Å². The average Bonchev–Trinajstić information content (AvgIpc) is 1.25. The maximum atomic E-state index is 15.6. The standard InChI is InChI=1S/C19H22F2N4O3.2C18H20FN3O4.C17H18FN3O3.C16H18FN3O3.ClH/c1-8-5-24(6-9(2)23-8)17-13(20)15(22)12-16(14(17)21)25(10-3-4-10)7-11(18(12)26)19(27)28;2*1-10-9-26-17-14-11(16(23)12(18(24)25)8-22(10)14)7-13(19)15(17)21-5-3-20(2)4-6-21;18-13-7-11-14(8-15(13)20-5-3-19-4-6-20)21(10-1-2-10)9-12(16(11)22)17(23)24;1-2-19-9-11(16(22)23)15(21)10-7-12(17)14(8-13(10)19)20-5-3-18-4-6-20;/h7-10,23H,3-6,22H2,1-2H3,(H,27,28);2*7-8,10H,3-6,9H2,1-2H3,(H,24,25);7-10,19H,1-6H2,(H,23,24);7-9,18H,2-6H2,1H3,(H,22,23);1H/t8-,9+;10-;;;;/m.0..../s1. The lowest BCUT2D eigenvalue weighted by Crippen LogP contribution is -2.54. The number of fused-ring (bicyclic) bond motifs is 3. The van der Waals surface area contributed by atoms with Gasteiger partial charge in [0.25, 0.3) is 0 Å². The van der Waals surface area contributed by atoms with Crippen LogP contribution in [-0.2, 0) is 6.54 Å². The zero-order valence-corrected chi connectivity index (χ0v) is 72.1. The van der Waals surface area contributed by atoms with E-state index in [1.54, 1.807) is 30.7 Å². The number of benzene rings is 5. The molecule has 0 bridgehead atoms. The minimum absolute atomic E-state index is 0. The van der Waals surface area contributed by atoms with Crippen LogP contribution in [0.2, 0.25) is 0 Å². The summed E-state index contributed by atoms with van der Waals surface area (Å²) in [5, 5.41) is 56.0. The Morgan fingerprint density at radius 2 is 0.781 bits per heavy atom. The van der Waals surface area contributed by atoms with Crippen LogP contribution >= 0.6 is 12.4 Å². The van der Waals surface area contributed by atoms with Crippen molar-refractivity contribution in [2.45, 2.75) is 103 Å². The first-order chi connectivity index (χ1) is 60.5. The number of piperazine rings is 5. The molecule has 12 heterocycles. The number of nitrogens with two attached hydrogens (primary N) is 1. The summed E-state index contributed by atoms with van der Waals surface area (Å²) in [7, 11) is 4.03. The Kier molecular flexibility index (Phi) is 26.6. The lowest BCUT2D eigenvalue weighted by Gasteiger charge is -2.38. The summed E-state index contributed by atoms with van der Waals surface area (Å²) in [4.78, 5) is 133. The van der Waals surface area contributed by atoms with Crippen LogP contribution in [-0.4, -0.2) is 245 Å². The number of hydrogen-bond acceptors (Lipinski definition) is 23. The van der Waals surface area contributed by atoms with E-state index in [0.717, 1.165) is 102 Å². The van der Waals surface area contributed by atoms with Crippen LogP contribution in [0.5, 0.6) is 11.5 Å². The second-order valence-electron chi connectivity index (χ2n) is 33.6. The number of anilines is 6. The molecule has 0 amide bonds. The highest BCUT2D eigenvalue weighted by Gasteiger charge is 2.39. The lowest BCUT2D eigenvalue weighted by molar-refractivity contribution is 0.0683. The van der Waals surface area contributed by atoms with Gasteiger partial charge < -0.3 is 114 Å². The Morgan fingerprint density at radius 1 is 0.422 bits per heavy atom. The molecular weight excluding hydrogens is 1700 g/mol. The van der Waals surface area contributed by atoms with Crippen LogP contribution < -0.4 is 82.8 Å². The van der Waals surface area contributed by atoms with Gasteiger partial charge in [0.05, 0.1) is 72.9 Å². The highest BCUT2D eigenvalue weighted by Crippen LogP contribution is 2.47. The van der Waals surface area contributed by atoms with Crippen LogP contribution in [0.3, 0.4) is 0 Å². The van der Waals surface area contributed by atoms with Gasteiger partial charge in [-0.25, -0.2) is 50.3 Å². The van der Waals surface area contributed by atoms with E-state index in [1.165, 1.54) is 35.4 Å². The van der Waals surface area contributed by atoms with Crippen molar-refractivity contribution in [3.63, 3.8) is 0 Å². The molecule has 9 aliphatic rings. The molecule has 7 fully saturated rings. The summed E-state index contributed by atoms with van der Waals surface area (Å²) in [5.41, 5.74) is 3.26. The first-order valence-electron chi connectivity index (χ1n) is 42.2. The molecule has 10 aromatic rings. The van der Waals surface area contributed by atoms with Crippen molar-refractivity contribution in [3.05, 3.63) is 181 Å². The summed E-state index contributed by atoms with van der Waals surface area (Å²) in [6, 6.07) is 7.77. The Hall–Kier alpha value is -12.4. The van der Waals surface area contributed by atoms with E-state index in [0.29, 0.717) is 128 Å². The second kappa shape index (κ2) is 37.1. The number of rotatable bonds is 13. The van der Waals surface area contributed by atoms with Crippen LogP contribution in [0, 0.1) is 34.9 Å². The Balaban J connectivity index is 0.000000129. The number of aryl methyl sites for hydroxylation is 1. The second-order valence-corrected chi connectivity index (χ2v) is 33.6. The van der Waals surface area contributed by atoms with Crippen molar-refractivity contribution in [2.24, 2.45) is 0 Å². The number of aromatic carboxylic acids is 5. The number of likely N-dealkylation sites (N-methyl/N-ethyl adjacent to an activating group) is 2. The molecule has 128 heavy (non-hydrogen) atoms. The molecule has 5 aromatic carbocycles. The Labute approximate surface area is 732 Å². The summed E-state index contributed by atoms with van der Waals surface area (Å²) in [6.45, 7) is 23.0. The molecule has 5 aromatic heterocycles. The van der Waals surface area contributed by atoms with E-state index in [4.69, 9.17) is 20.3 Å². The van der Waals surface area contributed by atoms with E-state index in [-0.39, 0.29) is 117 Å². The molecule has 10 N–H and O–H groups in total. The van der Waals surface area contributed by atoms with E-state index in [9.17, 15) is 85.9 Å². The van der Waals surface area contributed by atoms with Gasteiger partial charge in [-0.05, 0) is 111 Å². The highest BCUT2D eigenvalue weighted by molar-refractivity contribution is 6.02. The minimum Gasteiger partial charge on any atom is -0.487 e. The predicted octanol–water partition coefficient (Wildman–Crippen LogP) is 8.44. The third-order valence-corrected chi connectivity index (χ3v) is 24.7. The number of ether oxygens (including phenoxy) is 2. The van der Waals surface area contributed by atoms with Crippen LogP contribution in [0.15, 0.2) is 91.4 Å². The number of carbonyl (C=O) groups is 5. The van der Waals surface area contributed by atoms with E-state index < -0.39 is 109 Å². The fraction of sp³-hybridized carbons (Fsp3) is 0.432. The van der Waals surface area contributed by atoms with E-state index in [2.05, 4.69) is 25.8 Å². The molecule has 0 spiro atoms. The van der Waals surface area contributed by atoms with Crippen molar-refractivity contribution in [1.29, 1.82) is 0 Å². The molecule has 682 valence electrons. The van der Waals surface area contributed by atoms with Gasteiger partial charge in [-0.3, -0.25) is 24.0 Å². The minimum atomic E-state index is -1.45. The third kappa shape index (κ3) is 17.6. The molecule has 0 radical (unpaired) electrons. The molecule has 40 heteroatoms. The third-order valence-electron chi connectivity index (χ3n) is 24.7. The van der Waals surface area contributed by atoms with Crippen molar-refractivity contribution < 1.29 is 85.3 Å². The van der Waals surface area contributed by atoms with Gasteiger partial charge in [0.2, 0.25) is 27.1 Å². The average molecular weight is 1800 g/mol. The smallest absolute Gasteiger partial charge is 0.341 e. The SMILES string of the molecule is CC1COc2c(N3CCN(C)CC3)c(F)cc3c(=O)c(C(=O)O)cn1c23.CCn1cc(C(=O)O)c(=O)c2cc(F)c(N3CCNCC3)cc21.C[C@@H]1CN(c2c(F)c(N)c3c(=O)c(C(=O)O)cn(C4CC4)c3c2F)C[C@H](C)N1.C[C@H]1COc2c(N3CCN(C)CC3)c(F)cc3c(=O)c(C(=O)O)cn1c23.Cl.O=C(O)c1cn(C2CC2)c2cc(N3CCNCC3)c(F)cc2c1=O. The number of carboxylic acids is 5. The van der Waals surface area contributed by atoms with Crippen LogP contribution in [0.1, 0.15) is 136 Å². The predicted molar refractivity (Wildman–Crippen MR) is 474 cm³/mol. The highest BCUT2D eigenvalue weighted by atomic mass is 35.5. The topological polar surface area (TPSA) is 400 Å². The lowest BCUT2D eigenvalue weighted by atomic mass is 10.0. The summed E-state index contributed by atoms with van der Waals surface area (Å²) in [5.74, 6) is -9.98. The molecule has 1 unspecified atom stereocenters. The molecule has 5 saturated heterocycles. The summed E-state index contributed by atoms with van der Waals surface area (Å²) in [6.07, 6.45) is 9.91. The zero-order chi connectivity index (χ0) is 90.9. The molecule has 4 atom stereocenters. The maximum absolute atomic E-state index is 15.6. The Bertz CT molecular complexity index is 6310. The number of nitrogens with one attached hydrogen (secondary N) is 3. The van der Waals surface area contributed by atoms with Gasteiger partial charge in [0, 0.05) is 190 Å². The normalized spacial score (nSPS) is 19.3. The molecule has 7 aliphatic heterocycles. The quantitative estimate of drug-likeness (QED) is 0.0386. The molecular formula is C88H99ClF6N16O17. The van der Waals surface area contributed by atoms with Gasteiger partial charge in [0.1, 0.15) is 69.7 Å². The molecule has 2 saturated carbocycles. The van der Waals surface area contributed by atoms with Crippen molar-refractivity contribution in [1.82, 2.24) is 48.6 Å². The van der Waals surface area contributed by atoms with Gasteiger partial charge >= 0.3 is 29.8 Å². The summed E-state index contributed by atoms with van der Waals surface area (Å²) < 4.78 is 110. The van der Waals surface area contributed by atoms with Crippen molar-refractivity contribution in [3.8, 4) is 11.5 Å². The van der Waals surface area contributed by atoms with Crippen LogP contribution in [0.25, 0.3) is 54.5 Å². The van der Waals surface area contributed by atoms with Crippen molar-refractivity contribution in [2.75, 3.05) is 175 Å². The maximum Gasteiger partial charge on any atom is 0.341 e. The van der Waals surface area contributed by atoms with Crippen molar-refractivity contribution >= 4 is 131 Å².